The monoisotopic (exact) mass is 358 g/mol. The van der Waals surface area contributed by atoms with E-state index in [9.17, 15) is 0 Å². The van der Waals surface area contributed by atoms with Gasteiger partial charge in [-0.15, -0.1) is 0 Å². The Morgan fingerprint density at radius 3 is 2.76 bits per heavy atom. The van der Waals surface area contributed by atoms with Gasteiger partial charge in [-0.1, -0.05) is 48.9 Å². The molecule has 0 bridgehead atoms. The maximum absolute atomic E-state index is 6.03. The van der Waals surface area contributed by atoms with Gasteiger partial charge in [-0.2, -0.15) is 0 Å². The molecule has 134 valence electrons. The molecule has 3 rings (SSSR count). The Bertz CT molecular complexity index is 659. The lowest BCUT2D eigenvalue weighted by Crippen LogP contribution is -2.37. The van der Waals surface area contributed by atoms with E-state index in [1.165, 1.54) is 24.9 Å². The van der Waals surface area contributed by atoms with Crippen LogP contribution in [0, 0.1) is 0 Å². The molecule has 0 aliphatic carbocycles. The Balaban J connectivity index is 1.52. The summed E-state index contributed by atoms with van der Waals surface area (Å²) in [6.45, 7) is 7.07. The molecular weight excluding hydrogens is 332 g/mol. The predicted octanol–water partition coefficient (Wildman–Crippen LogP) is 4.49. The lowest BCUT2D eigenvalue weighted by molar-refractivity contribution is 0.259. The summed E-state index contributed by atoms with van der Waals surface area (Å²) >= 11 is 5.93. The molecule has 1 saturated heterocycles. The van der Waals surface area contributed by atoms with E-state index in [0.29, 0.717) is 12.6 Å². The third kappa shape index (κ3) is 5.21. The second-order valence-electron chi connectivity index (χ2n) is 6.58. The van der Waals surface area contributed by atoms with Crippen LogP contribution in [0.1, 0.15) is 30.9 Å². The van der Waals surface area contributed by atoms with Crippen molar-refractivity contribution in [3.05, 3.63) is 64.7 Å². The molecule has 1 aliphatic rings. The van der Waals surface area contributed by atoms with E-state index in [2.05, 4.69) is 29.3 Å². The molecule has 1 heterocycles. The number of para-hydroxylation sites is 1. The Morgan fingerprint density at radius 2 is 1.96 bits per heavy atom. The van der Waals surface area contributed by atoms with Gasteiger partial charge in [0.05, 0.1) is 0 Å². The fourth-order valence-corrected chi connectivity index (χ4v) is 3.57. The summed E-state index contributed by atoms with van der Waals surface area (Å²) in [7, 11) is 0. The number of rotatable bonds is 8. The number of nitrogens with one attached hydrogen (secondary N) is 1. The number of ether oxygens (including phenoxy) is 1. The molecule has 25 heavy (non-hydrogen) atoms. The predicted molar refractivity (Wildman–Crippen MR) is 104 cm³/mol. The Morgan fingerprint density at radius 1 is 1.16 bits per heavy atom. The molecular formula is C21H27ClN2O. The van der Waals surface area contributed by atoms with Gasteiger partial charge in [-0.25, -0.2) is 0 Å². The van der Waals surface area contributed by atoms with Crippen molar-refractivity contribution in [2.24, 2.45) is 0 Å². The van der Waals surface area contributed by atoms with E-state index >= 15 is 0 Å². The van der Waals surface area contributed by atoms with Crippen molar-refractivity contribution in [1.29, 1.82) is 0 Å². The van der Waals surface area contributed by atoms with Gasteiger partial charge in [0.2, 0.25) is 0 Å². The van der Waals surface area contributed by atoms with Gasteiger partial charge >= 0.3 is 0 Å². The van der Waals surface area contributed by atoms with Crippen LogP contribution in [-0.2, 0) is 13.2 Å². The number of likely N-dealkylation sites (tertiary alicyclic amines) is 1. The van der Waals surface area contributed by atoms with Crippen molar-refractivity contribution in [3.8, 4) is 5.75 Å². The second-order valence-corrected chi connectivity index (χ2v) is 7.01. The van der Waals surface area contributed by atoms with Crippen molar-refractivity contribution in [2.45, 2.75) is 39.0 Å². The molecule has 2 aromatic carbocycles. The average Bonchev–Trinajstić information content (AvgIpc) is 3.10. The van der Waals surface area contributed by atoms with Crippen LogP contribution < -0.4 is 10.1 Å². The van der Waals surface area contributed by atoms with Gasteiger partial charge in [0.1, 0.15) is 12.4 Å². The van der Waals surface area contributed by atoms with E-state index < -0.39 is 0 Å². The molecule has 1 N–H and O–H groups in total. The smallest absolute Gasteiger partial charge is 0.124 e. The summed E-state index contributed by atoms with van der Waals surface area (Å²) in [6.07, 6.45) is 2.62. The first-order chi connectivity index (χ1) is 12.3. The van der Waals surface area contributed by atoms with E-state index in [0.717, 1.165) is 36.0 Å². The third-order valence-electron chi connectivity index (χ3n) is 4.88. The van der Waals surface area contributed by atoms with Gasteiger partial charge in [-0.05, 0) is 49.7 Å². The van der Waals surface area contributed by atoms with Crippen molar-refractivity contribution < 1.29 is 4.74 Å². The third-order valence-corrected chi connectivity index (χ3v) is 5.13. The van der Waals surface area contributed by atoms with Crippen molar-refractivity contribution in [1.82, 2.24) is 10.2 Å². The minimum atomic E-state index is 0.556. The highest BCUT2D eigenvalue weighted by Gasteiger charge is 2.22. The first-order valence-electron chi connectivity index (χ1n) is 9.16. The van der Waals surface area contributed by atoms with E-state index in [1.54, 1.807) is 0 Å². The quantitative estimate of drug-likeness (QED) is 0.752. The fourth-order valence-electron chi connectivity index (χ4n) is 3.45. The summed E-state index contributed by atoms with van der Waals surface area (Å²) in [6, 6.07) is 16.7. The zero-order valence-corrected chi connectivity index (χ0v) is 15.6. The summed E-state index contributed by atoms with van der Waals surface area (Å²) in [5.74, 6) is 0.948. The summed E-state index contributed by atoms with van der Waals surface area (Å²) < 4.78 is 6.03. The molecule has 1 aliphatic heterocycles. The van der Waals surface area contributed by atoms with E-state index in [-0.39, 0.29) is 0 Å². The Kier molecular flexibility index (Phi) is 6.74. The number of benzene rings is 2. The minimum Gasteiger partial charge on any atom is -0.489 e. The molecule has 0 radical (unpaired) electrons. The van der Waals surface area contributed by atoms with Crippen LogP contribution >= 0.6 is 11.6 Å². The van der Waals surface area contributed by atoms with E-state index in [4.69, 9.17) is 16.3 Å². The lowest BCUT2D eigenvalue weighted by Gasteiger charge is -2.23. The molecule has 1 atom stereocenters. The van der Waals surface area contributed by atoms with Crippen molar-refractivity contribution in [2.75, 3.05) is 19.6 Å². The van der Waals surface area contributed by atoms with Crippen LogP contribution in [0.25, 0.3) is 0 Å². The second kappa shape index (κ2) is 9.23. The minimum absolute atomic E-state index is 0.556. The van der Waals surface area contributed by atoms with Crippen LogP contribution in [0.4, 0.5) is 0 Å². The van der Waals surface area contributed by atoms with Crippen LogP contribution in [0.2, 0.25) is 5.02 Å². The molecule has 0 saturated carbocycles. The lowest BCUT2D eigenvalue weighted by atomic mass is 10.1. The molecule has 0 unspecified atom stereocenters. The first-order valence-corrected chi connectivity index (χ1v) is 9.54. The fraction of sp³-hybridized carbons (Fsp3) is 0.429. The van der Waals surface area contributed by atoms with Crippen LogP contribution in [-0.4, -0.2) is 30.6 Å². The van der Waals surface area contributed by atoms with Gasteiger partial charge in [0, 0.05) is 29.7 Å². The van der Waals surface area contributed by atoms with Gasteiger partial charge in [0.15, 0.2) is 0 Å². The largest absolute Gasteiger partial charge is 0.489 e. The molecule has 0 amide bonds. The summed E-state index contributed by atoms with van der Waals surface area (Å²) in [5.41, 5.74) is 2.33. The van der Waals surface area contributed by atoms with Crippen molar-refractivity contribution >= 4 is 11.6 Å². The molecule has 2 aromatic rings. The SMILES string of the molecule is CCN1CCC[C@@H]1CNCc1ccccc1OCc1ccc(Cl)cc1. The molecule has 0 aromatic heterocycles. The average molecular weight is 359 g/mol. The van der Waals surface area contributed by atoms with Gasteiger partial charge in [-0.3, -0.25) is 4.90 Å². The summed E-state index contributed by atoms with van der Waals surface area (Å²) in [5, 5.41) is 4.37. The maximum Gasteiger partial charge on any atom is 0.124 e. The maximum atomic E-state index is 6.03. The Hall–Kier alpha value is -1.55. The number of hydrogen-bond donors (Lipinski definition) is 1. The van der Waals surface area contributed by atoms with Gasteiger partial charge in [0.25, 0.3) is 0 Å². The normalized spacial score (nSPS) is 17.8. The molecule has 3 nitrogen and oxygen atoms in total. The number of nitrogens with zero attached hydrogens (tertiary/aromatic N) is 1. The number of hydrogen-bond acceptors (Lipinski definition) is 3. The zero-order chi connectivity index (χ0) is 17.5. The number of halogens is 1. The van der Waals surface area contributed by atoms with Crippen LogP contribution in [0.5, 0.6) is 5.75 Å². The Labute approximate surface area is 155 Å². The zero-order valence-electron chi connectivity index (χ0n) is 14.9. The highest BCUT2D eigenvalue weighted by atomic mass is 35.5. The molecule has 0 spiro atoms. The summed E-state index contributed by atoms with van der Waals surface area (Å²) in [4.78, 5) is 2.57. The highest BCUT2D eigenvalue weighted by Crippen LogP contribution is 2.21. The highest BCUT2D eigenvalue weighted by molar-refractivity contribution is 6.30. The van der Waals surface area contributed by atoms with Crippen molar-refractivity contribution in [3.63, 3.8) is 0 Å². The first kappa shape index (κ1) is 18.2. The van der Waals surface area contributed by atoms with Crippen LogP contribution in [0.15, 0.2) is 48.5 Å². The topological polar surface area (TPSA) is 24.5 Å². The number of likely N-dealkylation sites (N-methyl/N-ethyl adjacent to an activating group) is 1. The van der Waals surface area contributed by atoms with E-state index in [1.807, 2.05) is 36.4 Å². The molecule has 1 fully saturated rings. The molecule has 4 heteroatoms. The standard InChI is InChI=1S/C21H27ClN2O/c1-2-24-13-5-7-20(24)15-23-14-18-6-3-4-8-21(18)25-16-17-9-11-19(22)12-10-17/h3-4,6,8-12,20,23H,2,5,7,13-16H2,1H3/t20-/m1/s1. The van der Waals surface area contributed by atoms with Crippen LogP contribution in [0.3, 0.4) is 0 Å². The van der Waals surface area contributed by atoms with Gasteiger partial charge < -0.3 is 10.1 Å².